The lowest BCUT2D eigenvalue weighted by Crippen LogP contribution is -2.76. The van der Waals surface area contributed by atoms with Gasteiger partial charge < -0.3 is 5.11 Å². The number of carboxylic acids is 1. The van der Waals surface area contributed by atoms with E-state index in [0.29, 0.717) is 5.56 Å². The van der Waals surface area contributed by atoms with Crippen LogP contribution in [0.1, 0.15) is 15.9 Å². The number of nitrogens with zero attached hydrogens (tertiary/aromatic N) is 1. The van der Waals surface area contributed by atoms with Gasteiger partial charge >= 0.3 is 5.97 Å². The fourth-order valence-electron chi connectivity index (χ4n) is 3.32. The van der Waals surface area contributed by atoms with Gasteiger partial charge in [0.25, 0.3) is 0 Å². The second-order valence-electron chi connectivity index (χ2n) is 6.91. The maximum atomic E-state index is 12.0. The van der Waals surface area contributed by atoms with E-state index in [2.05, 4.69) is 12.1 Å². The average molecular weight is 418 g/mol. The Morgan fingerprint density at radius 1 is 1.00 bits per heavy atom. The van der Waals surface area contributed by atoms with Crippen molar-refractivity contribution in [1.29, 1.82) is 0 Å². The van der Waals surface area contributed by atoms with Gasteiger partial charge in [-0.25, -0.2) is 14.6 Å². The van der Waals surface area contributed by atoms with Gasteiger partial charge in [-0.05, 0) is 19.1 Å². The topological polar surface area (TPSA) is 76.0 Å². The number of rotatable bonds is 6. The zero-order valence-corrected chi connectivity index (χ0v) is 17.4. The van der Waals surface area contributed by atoms with Crippen molar-refractivity contribution < 1.29 is 20.2 Å². The summed E-state index contributed by atoms with van der Waals surface area (Å²) in [6.45, 7) is 2.05. The predicted molar refractivity (Wildman–Crippen MR) is 119 cm³/mol. The van der Waals surface area contributed by atoms with Crippen molar-refractivity contribution in [3.8, 4) is 33.0 Å². The summed E-state index contributed by atoms with van der Waals surface area (Å²) in [5.41, 5.74) is 8.03. The first kappa shape index (κ1) is 20.0. The quantitative estimate of drug-likeness (QED) is 0.345. The highest BCUT2D eigenvalue weighted by molar-refractivity contribution is 7.13. The third-order valence-corrected chi connectivity index (χ3v) is 5.74. The standard InChI is InChI=1S/C24H20N2O3S/c1-15-7-9-16(10-8-15)22-14-30-23(25-22)17-11-12-18(20(13-17)24(27)28)19-5-3-4-6-21(19)26-29-2/h3-14,26H,1-2H3,(H,27,28)/p+1. The molecule has 1 heterocycles. The molecule has 5 nitrogen and oxygen atoms in total. The van der Waals surface area contributed by atoms with Crippen LogP contribution >= 0.6 is 11.3 Å². The Morgan fingerprint density at radius 3 is 2.47 bits per heavy atom. The van der Waals surface area contributed by atoms with Crippen molar-refractivity contribution in [2.75, 3.05) is 7.11 Å². The van der Waals surface area contributed by atoms with Gasteiger partial charge in [0.15, 0.2) is 5.69 Å². The predicted octanol–water partition coefficient (Wildman–Crippen LogP) is 4.91. The van der Waals surface area contributed by atoms with E-state index >= 15 is 0 Å². The largest absolute Gasteiger partial charge is 0.478 e. The summed E-state index contributed by atoms with van der Waals surface area (Å²) >= 11 is 1.50. The summed E-state index contributed by atoms with van der Waals surface area (Å²) in [4.78, 5) is 21.9. The molecule has 6 heteroatoms. The summed E-state index contributed by atoms with van der Waals surface area (Å²) in [5, 5.41) is 12.7. The van der Waals surface area contributed by atoms with Crippen LogP contribution < -0.4 is 5.48 Å². The number of hydrogen-bond acceptors (Lipinski definition) is 4. The molecule has 0 radical (unpaired) electrons. The number of nitrogens with two attached hydrogens (primary N) is 1. The SMILES string of the molecule is CO[NH2+]c1ccccc1-c1ccc(-c2nc(-c3ccc(C)cc3)cs2)cc1C(=O)O. The molecule has 0 unspecified atom stereocenters. The zero-order chi connectivity index (χ0) is 21.1. The Bertz CT molecular complexity index is 1200. The smallest absolute Gasteiger partial charge is 0.336 e. The first-order chi connectivity index (χ1) is 14.6. The molecule has 4 rings (SSSR count). The van der Waals surface area contributed by atoms with Gasteiger partial charge in [0, 0.05) is 33.7 Å². The van der Waals surface area contributed by atoms with Crippen molar-refractivity contribution in [2.24, 2.45) is 0 Å². The van der Waals surface area contributed by atoms with E-state index in [4.69, 9.17) is 9.82 Å². The second kappa shape index (κ2) is 8.59. The lowest BCUT2D eigenvalue weighted by Gasteiger charge is -2.10. The highest BCUT2D eigenvalue weighted by Gasteiger charge is 2.18. The van der Waals surface area contributed by atoms with Gasteiger partial charge in [-0.3, -0.25) is 0 Å². The van der Waals surface area contributed by atoms with Crippen LogP contribution in [-0.4, -0.2) is 23.2 Å². The van der Waals surface area contributed by atoms with Crippen molar-refractivity contribution in [3.63, 3.8) is 0 Å². The molecule has 0 bridgehead atoms. The van der Waals surface area contributed by atoms with E-state index in [0.717, 1.165) is 33.1 Å². The first-order valence-corrected chi connectivity index (χ1v) is 10.3. The number of aromatic carboxylic acids is 1. The van der Waals surface area contributed by atoms with E-state index in [9.17, 15) is 9.90 Å². The normalized spacial score (nSPS) is 10.9. The maximum Gasteiger partial charge on any atom is 0.336 e. The van der Waals surface area contributed by atoms with Crippen molar-refractivity contribution in [3.05, 3.63) is 83.2 Å². The van der Waals surface area contributed by atoms with Crippen molar-refractivity contribution in [1.82, 2.24) is 4.98 Å². The highest BCUT2D eigenvalue weighted by atomic mass is 32.1. The molecule has 0 aliphatic carbocycles. The second-order valence-corrected chi connectivity index (χ2v) is 7.77. The molecule has 150 valence electrons. The minimum Gasteiger partial charge on any atom is -0.478 e. The van der Waals surface area contributed by atoms with Crippen LogP contribution in [0.15, 0.2) is 72.1 Å². The average Bonchev–Trinajstić information content (AvgIpc) is 3.25. The molecule has 30 heavy (non-hydrogen) atoms. The van der Waals surface area contributed by atoms with E-state index in [-0.39, 0.29) is 5.56 Å². The molecule has 0 fully saturated rings. The molecule has 0 saturated heterocycles. The number of quaternary nitrogens is 1. The number of hydrogen-bond donors (Lipinski definition) is 2. The third-order valence-electron chi connectivity index (χ3n) is 4.84. The number of aryl methyl sites for hydroxylation is 1. The monoisotopic (exact) mass is 417 g/mol. The molecule has 0 aliphatic heterocycles. The van der Waals surface area contributed by atoms with E-state index in [1.165, 1.54) is 16.9 Å². The molecule has 0 aliphatic rings. The van der Waals surface area contributed by atoms with Crippen LogP contribution in [0.2, 0.25) is 0 Å². The number of carboxylic acid groups (broad SMARTS) is 1. The molecular formula is C24H21N2O3S+. The minimum atomic E-state index is -0.977. The van der Waals surface area contributed by atoms with Crippen molar-refractivity contribution in [2.45, 2.75) is 6.92 Å². The van der Waals surface area contributed by atoms with Crippen LogP contribution in [0.25, 0.3) is 33.0 Å². The summed E-state index contributed by atoms with van der Waals surface area (Å²) < 4.78 is 0. The summed E-state index contributed by atoms with van der Waals surface area (Å²) in [5.74, 6) is -0.977. The molecule has 0 spiro atoms. The minimum absolute atomic E-state index is 0.233. The number of benzene rings is 3. The Balaban J connectivity index is 1.75. The first-order valence-electron chi connectivity index (χ1n) is 9.42. The van der Waals surface area contributed by atoms with Gasteiger partial charge in [0.1, 0.15) is 5.01 Å². The van der Waals surface area contributed by atoms with Gasteiger partial charge in [0.05, 0.1) is 18.4 Å². The van der Waals surface area contributed by atoms with Crippen LogP contribution in [0.3, 0.4) is 0 Å². The van der Waals surface area contributed by atoms with Crippen LogP contribution in [0, 0.1) is 6.92 Å². The molecule has 4 aromatic rings. The maximum absolute atomic E-state index is 12.0. The molecule has 3 N–H and O–H groups in total. The molecule has 3 aromatic carbocycles. The lowest BCUT2D eigenvalue weighted by molar-refractivity contribution is -0.829. The highest BCUT2D eigenvalue weighted by Crippen LogP contribution is 2.34. The lowest BCUT2D eigenvalue weighted by atomic mass is 9.96. The molecule has 0 saturated carbocycles. The van der Waals surface area contributed by atoms with E-state index < -0.39 is 5.97 Å². The van der Waals surface area contributed by atoms with Gasteiger partial charge in [-0.1, -0.05) is 54.1 Å². The molecular weight excluding hydrogens is 396 g/mol. The number of carbonyl (C=O) groups is 1. The summed E-state index contributed by atoms with van der Waals surface area (Å²) in [7, 11) is 1.58. The summed E-state index contributed by atoms with van der Waals surface area (Å²) in [6.07, 6.45) is 0. The van der Waals surface area contributed by atoms with Crippen LogP contribution in [-0.2, 0) is 4.84 Å². The Morgan fingerprint density at radius 2 is 1.73 bits per heavy atom. The zero-order valence-electron chi connectivity index (χ0n) is 16.6. The number of thiazole rings is 1. The number of aromatic nitrogens is 1. The van der Waals surface area contributed by atoms with Crippen LogP contribution in [0.4, 0.5) is 5.69 Å². The van der Waals surface area contributed by atoms with E-state index in [1.54, 1.807) is 18.7 Å². The van der Waals surface area contributed by atoms with Gasteiger partial charge in [-0.15, -0.1) is 11.3 Å². The van der Waals surface area contributed by atoms with Gasteiger partial charge in [0.2, 0.25) is 0 Å². The molecule has 0 amide bonds. The molecule has 1 aromatic heterocycles. The van der Waals surface area contributed by atoms with Crippen LogP contribution in [0.5, 0.6) is 0 Å². The molecule has 0 atom stereocenters. The fourth-order valence-corrected chi connectivity index (χ4v) is 4.15. The van der Waals surface area contributed by atoms with Crippen molar-refractivity contribution >= 4 is 23.0 Å². The van der Waals surface area contributed by atoms with E-state index in [1.807, 2.05) is 60.8 Å². The van der Waals surface area contributed by atoms with Gasteiger partial charge in [-0.2, -0.15) is 5.48 Å². The Kier molecular flexibility index (Phi) is 5.72. The Hall–Kier alpha value is -3.32. The third kappa shape index (κ3) is 4.02. The summed E-state index contributed by atoms with van der Waals surface area (Å²) in [6, 6.07) is 21.2. The fraction of sp³-hybridized carbons (Fsp3) is 0.0833. The Labute approximate surface area is 178 Å².